The van der Waals surface area contributed by atoms with Crippen molar-refractivity contribution >= 4 is 57.3 Å². The number of aromatic amines is 1. The van der Waals surface area contributed by atoms with Crippen LogP contribution in [0, 0.1) is 6.92 Å². The van der Waals surface area contributed by atoms with Crippen LogP contribution in [0.5, 0.6) is 5.75 Å². The molecular weight excluding hydrogens is 371 g/mol. The van der Waals surface area contributed by atoms with Gasteiger partial charge in [0.05, 0.1) is 40.2 Å². The molecule has 2 heterocycles. The summed E-state index contributed by atoms with van der Waals surface area (Å²) < 4.78 is 5.50. The van der Waals surface area contributed by atoms with Crippen LogP contribution in [-0.2, 0) is 0 Å². The van der Waals surface area contributed by atoms with Gasteiger partial charge in [-0.25, -0.2) is 4.98 Å². The molecule has 4 rings (SSSR count). The van der Waals surface area contributed by atoms with Crippen molar-refractivity contribution in [3.8, 4) is 5.75 Å². The number of ether oxygens (including phenoxy) is 1. The lowest BCUT2D eigenvalue weighted by atomic mass is 10.1. The van der Waals surface area contributed by atoms with E-state index in [-0.39, 0.29) is 12.4 Å². The van der Waals surface area contributed by atoms with Gasteiger partial charge in [-0.1, -0.05) is 11.6 Å². The smallest absolute Gasteiger partial charge is 0.138 e. The minimum absolute atomic E-state index is 0. The third-order valence-corrected chi connectivity index (χ3v) is 4.30. The van der Waals surface area contributed by atoms with E-state index in [1.807, 2.05) is 50.2 Å². The molecule has 0 radical (unpaired) electrons. The van der Waals surface area contributed by atoms with E-state index in [4.69, 9.17) is 16.3 Å². The summed E-state index contributed by atoms with van der Waals surface area (Å²) in [6.07, 6.45) is 1.70. The van der Waals surface area contributed by atoms with Gasteiger partial charge in [0, 0.05) is 16.8 Å². The number of anilines is 2. The van der Waals surface area contributed by atoms with E-state index < -0.39 is 0 Å². The van der Waals surface area contributed by atoms with Gasteiger partial charge in [-0.05, 0) is 50.2 Å². The number of imidazole rings is 1. The predicted molar refractivity (Wildman–Crippen MR) is 109 cm³/mol. The highest BCUT2D eigenvalue weighted by Crippen LogP contribution is 2.34. The minimum atomic E-state index is 0. The molecule has 2 aromatic heterocycles. The number of fused-ring (bicyclic) bond motifs is 3. The van der Waals surface area contributed by atoms with Crippen LogP contribution < -0.4 is 10.1 Å². The second-order valence-electron chi connectivity index (χ2n) is 5.77. The standard InChI is InChI=1S/C19H17ClN4O.ClH/c1-3-25-17-7-4-12(9-13(17)20)24-16-8-11(2)23-14-5-6-15-19(18(14)16)22-10-21-15;/h4-10H,3H2,1-2H3,(H,21,22)(H,23,24);1H. The van der Waals surface area contributed by atoms with Crippen molar-refractivity contribution in [2.24, 2.45) is 0 Å². The lowest BCUT2D eigenvalue weighted by molar-refractivity contribution is 0.340. The molecule has 0 aliphatic carbocycles. The Balaban J connectivity index is 0.00000196. The average molecular weight is 389 g/mol. The van der Waals surface area contributed by atoms with Gasteiger partial charge in [-0.3, -0.25) is 4.98 Å². The molecule has 0 spiro atoms. The second kappa shape index (κ2) is 7.40. The van der Waals surface area contributed by atoms with Gasteiger partial charge in [-0.2, -0.15) is 0 Å². The molecule has 2 N–H and O–H groups in total. The third-order valence-electron chi connectivity index (χ3n) is 4.00. The Bertz CT molecular complexity index is 1080. The summed E-state index contributed by atoms with van der Waals surface area (Å²) in [6.45, 7) is 4.50. The van der Waals surface area contributed by atoms with Gasteiger partial charge >= 0.3 is 0 Å². The lowest BCUT2D eigenvalue weighted by Gasteiger charge is -2.13. The van der Waals surface area contributed by atoms with Crippen LogP contribution in [0.2, 0.25) is 5.02 Å². The predicted octanol–water partition coefficient (Wildman–Crippen LogP) is 5.64. The number of rotatable bonds is 4. The van der Waals surface area contributed by atoms with Crippen LogP contribution in [0.1, 0.15) is 12.6 Å². The molecule has 4 aromatic rings. The number of hydrogen-bond acceptors (Lipinski definition) is 4. The Morgan fingerprint density at radius 1 is 1.15 bits per heavy atom. The van der Waals surface area contributed by atoms with E-state index in [2.05, 4.69) is 20.3 Å². The highest BCUT2D eigenvalue weighted by molar-refractivity contribution is 6.32. The quantitative estimate of drug-likeness (QED) is 0.474. The molecule has 0 atom stereocenters. The van der Waals surface area contributed by atoms with E-state index in [1.165, 1.54) is 0 Å². The van der Waals surface area contributed by atoms with Crippen molar-refractivity contribution in [1.82, 2.24) is 15.0 Å². The molecule has 5 nitrogen and oxygen atoms in total. The zero-order valence-electron chi connectivity index (χ0n) is 14.3. The largest absolute Gasteiger partial charge is 0.492 e. The summed E-state index contributed by atoms with van der Waals surface area (Å²) in [5.41, 5.74) is 5.56. The zero-order valence-corrected chi connectivity index (χ0v) is 15.9. The first-order chi connectivity index (χ1) is 12.2. The third kappa shape index (κ3) is 3.28. The molecule has 7 heteroatoms. The first-order valence-corrected chi connectivity index (χ1v) is 8.46. The van der Waals surface area contributed by atoms with Gasteiger partial charge in [0.15, 0.2) is 0 Å². The number of benzene rings is 2. The van der Waals surface area contributed by atoms with Crippen molar-refractivity contribution < 1.29 is 4.74 Å². The van der Waals surface area contributed by atoms with Crippen LogP contribution in [0.3, 0.4) is 0 Å². The fourth-order valence-corrected chi connectivity index (χ4v) is 3.21. The first-order valence-electron chi connectivity index (χ1n) is 8.08. The number of hydrogen-bond donors (Lipinski definition) is 2. The normalized spacial score (nSPS) is 10.7. The van der Waals surface area contributed by atoms with E-state index in [1.54, 1.807) is 6.33 Å². The van der Waals surface area contributed by atoms with Crippen molar-refractivity contribution in [3.05, 3.63) is 53.4 Å². The highest BCUT2D eigenvalue weighted by atomic mass is 35.5. The molecule has 0 fully saturated rings. The Morgan fingerprint density at radius 2 is 1.96 bits per heavy atom. The Hall–Kier alpha value is -2.50. The summed E-state index contributed by atoms with van der Waals surface area (Å²) >= 11 is 6.31. The summed E-state index contributed by atoms with van der Waals surface area (Å²) in [7, 11) is 0. The molecule has 2 aromatic carbocycles. The summed E-state index contributed by atoms with van der Waals surface area (Å²) in [6, 6.07) is 11.7. The SMILES string of the molecule is CCOc1ccc(Nc2cc(C)nc3ccc4nc[nH]c4c23)cc1Cl.Cl. The summed E-state index contributed by atoms with van der Waals surface area (Å²) in [5.74, 6) is 0.682. The lowest BCUT2D eigenvalue weighted by Crippen LogP contribution is -1.97. The molecule has 0 aliphatic rings. The molecular formula is C19H18Cl2N4O. The van der Waals surface area contributed by atoms with Crippen molar-refractivity contribution in [2.75, 3.05) is 11.9 Å². The number of nitrogens with one attached hydrogen (secondary N) is 2. The van der Waals surface area contributed by atoms with Gasteiger partial charge in [0.25, 0.3) is 0 Å². The van der Waals surface area contributed by atoms with E-state index in [0.29, 0.717) is 17.4 Å². The number of nitrogens with zero attached hydrogens (tertiary/aromatic N) is 2. The maximum Gasteiger partial charge on any atom is 0.138 e. The van der Waals surface area contributed by atoms with E-state index >= 15 is 0 Å². The topological polar surface area (TPSA) is 62.8 Å². The summed E-state index contributed by atoms with van der Waals surface area (Å²) in [5, 5.41) is 5.03. The monoisotopic (exact) mass is 388 g/mol. The Kier molecular flexibility index (Phi) is 5.20. The van der Waals surface area contributed by atoms with Gasteiger partial charge in [0.1, 0.15) is 5.75 Å². The van der Waals surface area contributed by atoms with E-state index in [9.17, 15) is 0 Å². The molecule has 0 amide bonds. The van der Waals surface area contributed by atoms with Crippen molar-refractivity contribution in [2.45, 2.75) is 13.8 Å². The van der Waals surface area contributed by atoms with Crippen LogP contribution in [0.25, 0.3) is 21.9 Å². The number of pyridine rings is 1. The van der Waals surface area contributed by atoms with Crippen molar-refractivity contribution in [1.29, 1.82) is 0 Å². The number of aryl methyl sites for hydroxylation is 1. The van der Waals surface area contributed by atoms with E-state index in [0.717, 1.165) is 39.0 Å². The number of H-pyrrole nitrogens is 1. The van der Waals surface area contributed by atoms with Gasteiger partial charge < -0.3 is 15.0 Å². The first kappa shape index (κ1) is 18.3. The second-order valence-corrected chi connectivity index (χ2v) is 6.18. The molecule has 0 bridgehead atoms. The molecule has 0 saturated heterocycles. The zero-order chi connectivity index (χ0) is 17.4. The van der Waals surface area contributed by atoms with Crippen LogP contribution in [0.15, 0.2) is 42.7 Å². The Labute approximate surface area is 162 Å². The Morgan fingerprint density at radius 3 is 2.73 bits per heavy atom. The minimum Gasteiger partial charge on any atom is -0.492 e. The number of aromatic nitrogens is 3. The molecule has 0 saturated carbocycles. The highest BCUT2D eigenvalue weighted by Gasteiger charge is 2.11. The van der Waals surface area contributed by atoms with Gasteiger partial charge in [-0.15, -0.1) is 12.4 Å². The molecule has 26 heavy (non-hydrogen) atoms. The average Bonchev–Trinajstić information content (AvgIpc) is 3.05. The van der Waals surface area contributed by atoms with Crippen LogP contribution >= 0.6 is 24.0 Å². The van der Waals surface area contributed by atoms with Crippen LogP contribution in [-0.4, -0.2) is 21.6 Å². The van der Waals surface area contributed by atoms with Crippen molar-refractivity contribution in [3.63, 3.8) is 0 Å². The molecule has 134 valence electrons. The van der Waals surface area contributed by atoms with Crippen LogP contribution in [0.4, 0.5) is 11.4 Å². The maximum absolute atomic E-state index is 6.31. The maximum atomic E-state index is 6.31. The fraction of sp³-hybridized carbons (Fsp3) is 0.158. The molecule has 0 aliphatic heterocycles. The van der Waals surface area contributed by atoms with Gasteiger partial charge in [0.2, 0.25) is 0 Å². The fourth-order valence-electron chi connectivity index (χ4n) is 2.98. The number of halogens is 2. The summed E-state index contributed by atoms with van der Waals surface area (Å²) in [4.78, 5) is 12.2. The molecule has 0 unspecified atom stereocenters.